The maximum absolute atomic E-state index is 13.7. The second kappa shape index (κ2) is 20.8. The Balaban J connectivity index is 0.00000434. The Morgan fingerprint density at radius 3 is 2.26 bits per heavy atom. The second-order valence-corrected chi connectivity index (χ2v) is 9.14. The van der Waals surface area contributed by atoms with Crippen molar-refractivity contribution in [1.82, 2.24) is 9.55 Å². The van der Waals surface area contributed by atoms with E-state index in [-0.39, 0.29) is 5.56 Å². The third-order valence-electron chi connectivity index (χ3n) is 5.84. The first-order valence-electron chi connectivity index (χ1n) is 14.0. The lowest BCUT2D eigenvalue weighted by Crippen LogP contribution is -2.37. The van der Waals surface area contributed by atoms with Crippen LogP contribution in [0.4, 0.5) is 11.8 Å². The third-order valence-corrected chi connectivity index (χ3v) is 5.84. The van der Waals surface area contributed by atoms with Crippen molar-refractivity contribution in [2.75, 3.05) is 36.0 Å². The Kier molecular flexibility index (Phi) is 19.0. The topological polar surface area (TPSA) is 41.4 Å². The lowest BCUT2D eigenvalue weighted by molar-refractivity contribution is 0.669. The molecule has 210 valence electrons. The number of likely N-dealkylation sites (N-methyl/N-ethyl adjacent to an activating group) is 1. The van der Waals surface area contributed by atoms with Crippen molar-refractivity contribution in [2.24, 2.45) is 7.05 Å². The van der Waals surface area contributed by atoms with Gasteiger partial charge in [-0.3, -0.25) is 9.36 Å². The summed E-state index contributed by atoms with van der Waals surface area (Å²) >= 11 is 0. The average Bonchev–Trinajstić information content (AvgIpc) is 2.88. The van der Waals surface area contributed by atoms with Crippen molar-refractivity contribution in [3.05, 3.63) is 76.2 Å². The van der Waals surface area contributed by atoms with Gasteiger partial charge in [0.25, 0.3) is 5.56 Å². The predicted molar refractivity (Wildman–Crippen MR) is 169 cm³/mol. The van der Waals surface area contributed by atoms with Gasteiger partial charge < -0.3 is 9.80 Å². The molecule has 1 aromatic rings. The summed E-state index contributed by atoms with van der Waals surface area (Å²) in [6.07, 6.45) is 23.6. The molecule has 0 unspecified atom stereocenters. The van der Waals surface area contributed by atoms with Gasteiger partial charge in [-0.2, -0.15) is 4.98 Å². The smallest absolute Gasteiger partial charge is 0.259 e. The van der Waals surface area contributed by atoms with E-state index in [0.29, 0.717) is 13.0 Å². The number of nitrogens with zero attached hydrogens (tertiary/aromatic N) is 4. The van der Waals surface area contributed by atoms with E-state index >= 15 is 0 Å². The van der Waals surface area contributed by atoms with Gasteiger partial charge in [0.15, 0.2) is 0 Å². The van der Waals surface area contributed by atoms with Gasteiger partial charge >= 0.3 is 0 Å². The van der Waals surface area contributed by atoms with Crippen molar-refractivity contribution in [1.29, 1.82) is 0 Å². The third kappa shape index (κ3) is 11.9. The number of hydrogen-bond donors (Lipinski definition) is 0. The molecule has 0 bridgehead atoms. The summed E-state index contributed by atoms with van der Waals surface area (Å²) in [7, 11) is 1.86. The highest BCUT2D eigenvalue weighted by atomic mass is 16.1. The van der Waals surface area contributed by atoms with Crippen molar-refractivity contribution < 1.29 is 0 Å². The number of aromatic nitrogens is 2. The quantitative estimate of drug-likeness (QED) is 0.168. The molecule has 0 spiro atoms. The minimum Gasteiger partial charge on any atom is -0.352 e. The van der Waals surface area contributed by atoms with E-state index in [4.69, 9.17) is 4.98 Å². The Morgan fingerprint density at radius 1 is 1.13 bits per heavy atom. The zero-order chi connectivity index (χ0) is 28.9. The summed E-state index contributed by atoms with van der Waals surface area (Å²) in [5, 5.41) is 0. The molecular formula is C33H52N4O. The molecule has 5 nitrogen and oxygen atoms in total. The molecule has 0 saturated carbocycles. The van der Waals surface area contributed by atoms with Gasteiger partial charge in [0, 0.05) is 33.2 Å². The zero-order valence-electron chi connectivity index (χ0n) is 25.4. The fourth-order valence-electron chi connectivity index (χ4n) is 4.21. The molecule has 1 heterocycles. The van der Waals surface area contributed by atoms with E-state index in [0.717, 1.165) is 68.2 Å². The van der Waals surface area contributed by atoms with Gasteiger partial charge in [0.1, 0.15) is 5.82 Å². The maximum Gasteiger partial charge on any atom is 0.259 e. The zero-order valence-corrected chi connectivity index (χ0v) is 25.4. The standard InChI is InChI=1S/C30H48N4O.C3H4/c1-9-17-25(7)20-15-16-21-27-28(33(14-6)24-26(18-10-2)19-11-3)31-30(32(8)29(27)35)34(22-12-4)23-13-5;1-3-2/h10-11,15,17-20H,2,9,12-14,16,21-24H2,1,3-8H3;1H,2H3/b19-11-,20-15-,25-17-,26-18+;. The Morgan fingerprint density at radius 2 is 1.76 bits per heavy atom. The van der Waals surface area contributed by atoms with Crippen LogP contribution in [0, 0.1) is 12.3 Å². The molecule has 0 aliphatic carbocycles. The predicted octanol–water partition coefficient (Wildman–Crippen LogP) is 7.41. The summed E-state index contributed by atoms with van der Waals surface area (Å²) in [6, 6.07) is 0. The average molecular weight is 521 g/mol. The molecule has 0 radical (unpaired) electrons. The van der Waals surface area contributed by atoms with E-state index in [9.17, 15) is 4.79 Å². The van der Waals surface area contributed by atoms with Crippen molar-refractivity contribution in [3.63, 3.8) is 0 Å². The first-order chi connectivity index (χ1) is 18.3. The summed E-state index contributed by atoms with van der Waals surface area (Å²) in [6.45, 7) is 21.4. The van der Waals surface area contributed by atoms with E-state index < -0.39 is 0 Å². The van der Waals surface area contributed by atoms with Crippen LogP contribution in [0.1, 0.15) is 79.7 Å². The van der Waals surface area contributed by atoms with Crippen LogP contribution in [0.3, 0.4) is 0 Å². The molecule has 38 heavy (non-hydrogen) atoms. The molecule has 0 atom stereocenters. The van der Waals surface area contributed by atoms with Crippen LogP contribution in [0.25, 0.3) is 0 Å². The Bertz CT molecular complexity index is 1040. The molecule has 5 heteroatoms. The molecule has 0 saturated heterocycles. The van der Waals surface area contributed by atoms with E-state index in [1.807, 2.05) is 32.2 Å². The number of terminal acetylenes is 1. The fourth-order valence-corrected chi connectivity index (χ4v) is 4.21. The highest BCUT2D eigenvalue weighted by Crippen LogP contribution is 2.23. The summed E-state index contributed by atoms with van der Waals surface area (Å²) in [5.41, 5.74) is 3.23. The lowest BCUT2D eigenvalue weighted by Gasteiger charge is -2.30. The normalized spacial score (nSPS) is 11.9. The number of rotatable bonds is 16. The Labute approximate surface area is 233 Å². The van der Waals surface area contributed by atoms with Crippen LogP contribution in [0.2, 0.25) is 0 Å². The number of anilines is 2. The molecule has 0 aliphatic heterocycles. The minimum absolute atomic E-state index is 0.0511. The fraction of sp³-hybridized carbons (Fsp3) is 0.515. The van der Waals surface area contributed by atoms with E-state index in [2.05, 4.69) is 87.6 Å². The van der Waals surface area contributed by atoms with Crippen LogP contribution < -0.4 is 15.4 Å². The molecule has 0 fully saturated rings. The summed E-state index contributed by atoms with van der Waals surface area (Å²) < 4.78 is 1.75. The number of hydrogen-bond acceptors (Lipinski definition) is 4. The van der Waals surface area contributed by atoms with Crippen LogP contribution in [0.5, 0.6) is 0 Å². The SMILES string of the molecule is C#CC.C=C/C=C(\C=C/C)CN(CC)c1nc(N(CCC)CCC)n(C)c(=O)c1CC/C=C\C(C)=C/CC. The first-order valence-corrected chi connectivity index (χ1v) is 14.0. The maximum atomic E-state index is 13.7. The van der Waals surface area contributed by atoms with Crippen molar-refractivity contribution in [2.45, 2.75) is 80.6 Å². The molecule has 0 N–H and O–H groups in total. The van der Waals surface area contributed by atoms with Crippen molar-refractivity contribution in [3.8, 4) is 12.3 Å². The largest absolute Gasteiger partial charge is 0.352 e. The van der Waals surface area contributed by atoms with Crippen LogP contribution >= 0.6 is 0 Å². The highest BCUT2D eigenvalue weighted by Gasteiger charge is 2.21. The van der Waals surface area contributed by atoms with E-state index in [1.54, 1.807) is 11.5 Å². The Hall–Kier alpha value is -3.26. The lowest BCUT2D eigenvalue weighted by atomic mass is 10.1. The first kappa shape index (κ1) is 34.7. The highest BCUT2D eigenvalue weighted by molar-refractivity contribution is 5.53. The molecule has 0 aromatic carbocycles. The molecule has 1 rings (SSSR count). The molecular weight excluding hydrogens is 468 g/mol. The van der Waals surface area contributed by atoms with Crippen molar-refractivity contribution >= 4 is 11.8 Å². The van der Waals surface area contributed by atoms with Gasteiger partial charge in [0.05, 0.1) is 5.56 Å². The monoisotopic (exact) mass is 520 g/mol. The second-order valence-electron chi connectivity index (χ2n) is 9.14. The van der Waals surface area contributed by atoms with E-state index in [1.165, 1.54) is 5.57 Å². The van der Waals surface area contributed by atoms with Gasteiger partial charge in [-0.05, 0) is 65.4 Å². The summed E-state index contributed by atoms with van der Waals surface area (Å²) in [4.78, 5) is 23.3. The summed E-state index contributed by atoms with van der Waals surface area (Å²) in [5.74, 6) is 3.81. The van der Waals surface area contributed by atoms with Crippen LogP contribution in [-0.4, -0.2) is 35.7 Å². The van der Waals surface area contributed by atoms with Gasteiger partial charge in [-0.15, -0.1) is 12.3 Å². The molecule has 0 amide bonds. The number of allylic oxidation sites excluding steroid dienone is 7. The van der Waals surface area contributed by atoms with Crippen LogP contribution in [-0.2, 0) is 13.5 Å². The minimum atomic E-state index is 0.0511. The van der Waals surface area contributed by atoms with Gasteiger partial charge in [-0.25, -0.2) is 0 Å². The van der Waals surface area contributed by atoms with Gasteiger partial charge in [0.2, 0.25) is 5.95 Å². The molecule has 1 aromatic heterocycles. The molecule has 0 aliphatic rings. The van der Waals surface area contributed by atoms with Gasteiger partial charge in [-0.1, -0.05) is 75.5 Å². The van der Waals surface area contributed by atoms with Crippen LogP contribution in [0.15, 0.2) is 65.1 Å².